The summed E-state index contributed by atoms with van der Waals surface area (Å²) in [6, 6.07) is 15.5. The van der Waals surface area contributed by atoms with Crippen molar-refractivity contribution < 1.29 is 19.1 Å². The van der Waals surface area contributed by atoms with Gasteiger partial charge in [0.1, 0.15) is 0 Å². The van der Waals surface area contributed by atoms with E-state index in [9.17, 15) is 14.4 Å². The van der Waals surface area contributed by atoms with Crippen molar-refractivity contribution in [2.24, 2.45) is 0 Å². The molecule has 1 aromatic heterocycles. The van der Waals surface area contributed by atoms with Gasteiger partial charge in [-0.15, -0.1) is 10.2 Å². The number of nitrogens with zero attached hydrogens (tertiary/aromatic N) is 3. The number of aromatic nitrogens is 3. The Balaban J connectivity index is 1.59. The Bertz CT molecular complexity index is 1100. The fourth-order valence-corrected chi connectivity index (χ4v) is 3.74. The zero-order chi connectivity index (χ0) is 22.9. The second-order valence-corrected chi connectivity index (χ2v) is 7.51. The van der Waals surface area contributed by atoms with E-state index in [0.29, 0.717) is 28.8 Å². The topological polar surface area (TPSA) is 115 Å². The van der Waals surface area contributed by atoms with Crippen molar-refractivity contribution >= 4 is 35.2 Å². The zero-order valence-corrected chi connectivity index (χ0v) is 18.5. The van der Waals surface area contributed by atoms with E-state index in [1.54, 1.807) is 48.5 Å². The van der Waals surface area contributed by atoms with Crippen LogP contribution in [0.1, 0.15) is 33.5 Å². The van der Waals surface area contributed by atoms with Crippen LogP contribution in [0.5, 0.6) is 0 Å². The predicted octanol–water partition coefficient (Wildman–Crippen LogP) is 2.75. The minimum absolute atomic E-state index is 0.0734. The molecular formula is C22H23N5O4S. The monoisotopic (exact) mass is 453 g/mol. The molecule has 0 aliphatic rings. The number of methoxy groups -OCH3 is 1. The SMILES string of the molecule is CCn1c(CNC(=O)c2ccccc2)nnc1SCC(=O)Nc1ccccc1C(=O)OC. The van der Waals surface area contributed by atoms with E-state index in [1.165, 1.54) is 18.9 Å². The Morgan fingerprint density at radius 2 is 1.75 bits per heavy atom. The number of para-hydroxylation sites is 1. The number of hydrogen-bond donors (Lipinski definition) is 2. The van der Waals surface area contributed by atoms with Crippen LogP contribution in [-0.4, -0.2) is 45.4 Å². The summed E-state index contributed by atoms with van der Waals surface area (Å²) in [5.74, 6) is -0.355. The summed E-state index contributed by atoms with van der Waals surface area (Å²) in [4.78, 5) is 36.5. The maximum Gasteiger partial charge on any atom is 0.339 e. The van der Waals surface area contributed by atoms with E-state index in [1.807, 2.05) is 17.6 Å². The molecule has 2 aromatic carbocycles. The highest BCUT2D eigenvalue weighted by atomic mass is 32.2. The Labute approximate surface area is 189 Å². The second kappa shape index (κ2) is 11.1. The van der Waals surface area contributed by atoms with Gasteiger partial charge in [-0.1, -0.05) is 42.1 Å². The van der Waals surface area contributed by atoms with Gasteiger partial charge < -0.3 is 19.9 Å². The lowest BCUT2D eigenvalue weighted by molar-refractivity contribution is -0.113. The molecule has 32 heavy (non-hydrogen) atoms. The molecule has 2 amide bonds. The van der Waals surface area contributed by atoms with E-state index in [2.05, 4.69) is 20.8 Å². The van der Waals surface area contributed by atoms with E-state index >= 15 is 0 Å². The summed E-state index contributed by atoms with van der Waals surface area (Å²) in [5, 5.41) is 14.4. The molecule has 0 aliphatic carbocycles. The van der Waals surface area contributed by atoms with Crippen molar-refractivity contribution in [2.45, 2.75) is 25.2 Å². The van der Waals surface area contributed by atoms with Crippen molar-refractivity contribution in [3.63, 3.8) is 0 Å². The molecule has 0 spiro atoms. The van der Waals surface area contributed by atoms with Crippen molar-refractivity contribution in [1.29, 1.82) is 0 Å². The number of esters is 1. The number of benzene rings is 2. The van der Waals surface area contributed by atoms with Gasteiger partial charge in [0, 0.05) is 12.1 Å². The number of ether oxygens (including phenoxy) is 1. The first-order valence-electron chi connectivity index (χ1n) is 9.88. The van der Waals surface area contributed by atoms with Crippen LogP contribution in [0.2, 0.25) is 0 Å². The Kier molecular flexibility index (Phi) is 7.98. The van der Waals surface area contributed by atoms with Crippen LogP contribution < -0.4 is 10.6 Å². The van der Waals surface area contributed by atoms with Gasteiger partial charge in [0.15, 0.2) is 11.0 Å². The number of amides is 2. The van der Waals surface area contributed by atoms with Gasteiger partial charge in [-0.05, 0) is 31.2 Å². The van der Waals surface area contributed by atoms with Crippen LogP contribution in [-0.2, 0) is 22.6 Å². The van der Waals surface area contributed by atoms with Crippen LogP contribution in [0.4, 0.5) is 5.69 Å². The van der Waals surface area contributed by atoms with Crippen LogP contribution >= 0.6 is 11.8 Å². The number of hydrogen-bond acceptors (Lipinski definition) is 7. The maximum atomic E-state index is 12.4. The molecular weight excluding hydrogens is 430 g/mol. The van der Waals surface area contributed by atoms with Gasteiger partial charge in [-0.3, -0.25) is 9.59 Å². The predicted molar refractivity (Wildman–Crippen MR) is 120 cm³/mol. The third kappa shape index (κ3) is 5.73. The molecule has 0 saturated carbocycles. The molecule has 9 nitrogen and oxygen atoms in total. The van der Waals surface area contributed by atoms with E-state index < -0.39 is 5.97 Å². The van der Waals surface area contributed by atoms with Crippen LogP contribution in [0.15, 0.2) is 59.8 Å². The fourth-order valence-electron chi connectivity index (χ4n) is 2.92. The molecule has 3 rings (SSSR count). The third-order valence-corrected chi connectivity index (χ3v) is 5.46. The normalized spacial score (nSPS) is 10.4. The van der Waals surface area contributed by atoms with E-state index in [4.69, 9.17) is 4.74 Å². The molecule has 0 atom stereocenters. The number of anilines is 1. The Hall–Kier alpha value is -3.66. The van der Waals surface area contributed by atoms with Crippen LogP contribution in [0, 0.1) is 0 Å². The highest BCUT2D eigenvalue weighted by Gasteiger charge is 2.16. The molecule has 0 saturated heterocycles. The number of rotatable bonds is 9. The molecule has 2 N–H and O–H groups in total. The summed E-state index contributed by atoms with van der Waals surface area (Å²) in [6.07, 6.45) is 0. The molecule has 3 aromatic rings. The number of carbonyl (C=O) groups excluding carboxylic acids is 3. The lowest BCUT2D eigenvalue weighted by Gasteiger charge is -2.10. The summed E-state index contributed by atoms with van der Waals surface area (Å²) < 4.78 is 6.58. The summed E-state index contributed by atoms with van der Waals surface area (Å²) in [7, 11) is 1.29. The molecule has 1 heterocycles. The fraction of sp³-hybridized carbons (Fsp3) is 0.227. The Morgan fingerprint density at radius 3 is 2.47 bits per heavy atom. The quantitative estimate of drug-likeness (QED) is 0.378. The molecule has 0 radical (unpaired) electrons. The second-order valence-electron chi connectivity index (χ2n) is 6.57. The minimum atomic E-state index is -0.526. The van der Waals surface area contributed by atoms with Crippen molar-refractivity contribution in [1.82, 2.24) is 20.1 Å². The largest absolute Gasteiger partial charge is 0.465 e. The first kappa shape index (κ1) is 23.0. The summed E-state index contributed by atoms with van der Waals surface area (Å²) in [5.41, 5.74) is 1.22. The first-order valence-corrected chi connectivity index (χ1v) is 10.9. The molecule has 0 bridgehead atoms. The lowest BCUT2D eigenvalue weighted by Crippen LogP contribution is -2.24. The van der Waals surface area contributed by atoms with Crippen LogP contribution in [0.25, 0.3) is 0 Å². The molecule has 166 valence electrons. The third-order valence-electron chi connectivity index (χ3n) is 4.49. The highest BCUT2D eigenvalue weighted by Crippen LogP contribution is 2.20. The maximum absolute atomic E-state index is 12.4. The van der Waals surface area contributed by atoms with Gasteiger partial charge in [0.05, 0.1) is 30.7 Å². The van der Waals surface area contributed by atoms with E-state index in [-0.39, 0.29) is 29.7 Å². The smallest absolute Gasteiger partial charge is 0.339 e. The van der Waals surface area contributed by atoms with Crippen molar-refractivity contribution in [2.75, 3.05) is 18.2 Å². The van der Waals surface area contributed by atoms with Gasteiger partial charge >= 0.3 is 5.97 Å². The van der Waals surface area contributed by atoms with Gasteiger partial charge in [0.25, 0.3) is 5.91 Å². The number of thioether (sulfide) groups is 1. The number of carbonyl (C=O) groups is 3. The molecule has 0 fully saturated rings. The van der Waals surface area contributed by atoms with Gasteiger partial charge in [-0.25, -0.2) is 4.79 Å². The van der Waals surface area contributed by atoms with Crippen LogP contribution in [0.3, 0.4) is 0 Å². The van der Waals surface area contributed by atoms with Gasteiger partial charge in [-0.2, -0.15) is 0 Å². The molecule has 0 unspecified atom stereocenters. The van der Waals surface area contributed by atoms with Gasteiger partial charge in [0.2, 0.25) is 5.91 Å². The summed E-state index contributed by atoms with van der Waals surface area (Å²) in [6.45, 7) is 2.73. The average molecular weight is 454 g/mol. The van der Waals surface area contributed by atoms with Crippen molar-refractivity contribution in [3.8, 4) is 0 Å². The first-order chi connectivity index (χ1) is 15.5. The standard InChI is InChI=1S/C22H23N5O4S/c1-3-27-18(13-23-20(29)15-9-5-4-6-10-15)25-26-22(27)32-14-19(28)24-17-12-8-7-11-16(17)21(30)31-2/h4-12H,3,13-14H2,1-2H3,(H,23,29)(H,24,28). The minimum Gasteiger partial charge on any atom is -0.465 e. The molecule has 10 heteroatoms. The summed E-state index contributed by atoms with van der Waals surface area (Å²) >= 11 is 1.22. The Morgan fingerprint density at radius 1 is 1.03 bits per heavy atom. The average Bonchev–Trinajstić information content (AvgIpc) is 3.23. The zero-order valence-electron chi connectivity index (χ0n) is 17.7. The van der Waals surface area contributed by atoms with E-state index in [0.717, 1.165) is 0 Å². The highest BCUT2D eigenvalue weighted by molar-refractivity contribution is 7.99. The van der Waals surface area contributed by atoms with Crippen molar-refractivity contribution in [3.05, 3.63) is 71.5 Å². The lowest BCUT2D eigenvalue weighted by atomic mass is 10.2. The molecule has 0 aliphatic heterocycles. The number of nitrogens with one attached hydrogen (secondary N) is 2.